The standard InChI is InChI=1S/4C24H38N2O4/c4*1-14(2)9-17-13-26-8-7-16-10-21(28-5)22(29-6)11-18(16)19(26)12-20(17)30-24(27)23(25)15(3)4/h4*10-11,14-15,17,19-20,23H,7-9,12-13,25H2,1-6H3/t4*17?,19?,20?,23-/m0000/s1/i1D3,5D3,9D2,14D,19D,20D;1D3,5D3,9D2,10D,11D,14D;2*1D3,9D2,10D,11D,14D/t4*14?,17?,19?,20?,23-. The molecule has 0 radical (unpaired) electrons. The predicted molar refractivity (Wildman–Crippen MR) is 471 cm³/mol. The summed E-state index contributed by atoms with van der Waals surface area (Å²) in [5.74, 6) is -20.1. The molecule has 4 aromatic rings. The number of carbonyl (C=O) groups excluding carboxylic acids is 4. The fraction of sp³-hybridized carbons (Fsp3) is 0.708. The zero-order chi connectivity index (χ0) is 121. The van der Waals surface area contributed by atoms with E-state index in [9.17, 15) is 21.9 Å². The van der Waals surface area contributed by atoms with E-state index in [4.69, 9.17) is 129 Å². The van der Waals surface area contributed by atoms with Crippen LogP contribution in [0, 0.1) is 70.9 Å². The Morgan fingerprint density at radius 1 is 0.383 bits per heavy atom. The van der Waals surface area contributed by atoms with Crippen molar-refractivity contribution in [3.8, 4) is 46.0 Å². The summed E-state index contributed by atoms with van der Waals surface area (Å²) < 4.78 is 381. The first-order valence-corrected chi connectivity index (χ1v) is 40.9. The molecule has 0 aliphatic carbocycles. The molecule has 0 aromatic heterocycles. The Labute approximate surface area is 772 Å². The topological polar surface area (TPSA) is 296 Å². The summed E-state index contributed by atoms with van der Waals surface area (Å²) in [7, 11) is 2.43. The van der Waals surface area contributed by atoms with E-state index in [-0.39, 0.29) is 171 Å². The Balaban J connectivity index is 0.000000233. The molecule has 8 N–H and O–H groups in total. The van der Waals surface area contributed by atoms with Gasteiger partial charge in [0.1, 0.15) is 48.6 Å². The van der Waals surface area contributed by atoms with Crippen LogP contribution in [0.2, 0.25) is 0 Å². The Morgan fingerprint density at radius 3 is 0.992 bits per heavy atom. The molecule has 8 aliphatic heterocycles. The lowest BCUT2D eigenvalue weighted by atomic mass is 9.79. The van der Waals surface area contributed by atoms with Crippen molar-refractivity contribution in [3.63, 3.8) is 0 Å². The van der Waals surface area contributed by atoms with Gasteiger partial charge in [0.2, 0.25) is 0 Å². The van der Waals surface area contributed by atoms with Gasteiger partial charge in [0.05, 0.1) is 75.9 Å². The Morgan fingerprint density at radius 2 is 0.667 bits per heavy atom. The average molecular weight is 1710 g/mol. The number of ether oxygens (including phenoxy) is 12. The summed E-state index contributed by atoms with van der Waals surface area (Å²) >= 11 is 0. The molecule has 672 valence electrons. The third-order valence-electron chi connectivity index (χ3n) is 23.1. The van der Waals surface area contributed by atoms with Gasteiger partial charge in [-0.05, 0) is 191 Å². The molecule has 0 spiro atoms. The van der Waals surface area contributed by atoms with Crippen LogP contribution in [0.5, 0.6) is 46.0 Å². The molecule has 24 heteroatoms. The molecule has 24 nitrogen and oxygen atoms in total. The highest BCUT2D eigenvalue weighted by molar-refractivity contribution is 5.77. The second kappa shape index (κ2) is 43.9. The summed E-state index contributed by atoms with van der Waals surface area (Å²) in [4.78, 5) is 59.1. The molecule has 0 bridgehead atoms. The van der Waals surface area contributed by atoms with Gasteiger partial charge in [0.15, 0.2) is 46.0 Å². The minimum absolute atomic E-state index is 0.0151. The number of nitrogens with zero attached hydrogens (tertiary/aromatic N) is 4. The number of hydrogen-bond acceptors (Lipinski definition) is 24. The van der Waals surface area contributed by atoms with Crippen LogP contribution in [-0.2, 0) is 63.8 Å². The third kappa shape index (κ3) is 23.8. The number of nitrogens with two attached hydrogens (primary N) is 4. The van der Waals surface area contributed by atoms with Crippen molar-refractivity contribution in [2.45, 2.75) is 260 Å². The van der Waals surface area contributed by atoms with Crippen LogP contribution < -0.4 is 60.8 Å². The summed E-state index contributed by atoms with van der Waals surface area (Å²) in [6.07, 6.45) is -16.1. The molecule has 8 heterocycles. The quantitative estimate of drug-likeness (QED) is 0.0303. The molecule has 4 aromatic carbocycles. The highest BCUT2D eigenvalue weighted by Gasteiger charge is 2.47. The summed E-state index contributed by atoms with van der Waals surface area (Å²) in [5, 5.41) is 0. The zero-order valence-electron chi connectivity index (χ0n) is 110. The predicted octanol–water partition coefficient (Wildman–Crippen LogP) is 14.3. The van der Waals surface area contributed by atoms with Gasteiger partial charge < -0.3 is 79.8 Å². The van der Waals surface area contributed by atoms with E-state index in [1.54, 1.807) is 60.3 Å². The molecule has 0 amide bonds. The van der Waals surface area contributed by atoms with Gasteiger partial charge in [-0.25, -0.2) is 0 Å². The highest BCUT2D eigenvalue weighted by Crippen LogP contribution is 2.50. The van der Waals surface area contributed by atoms with Crippen molar-refractivity contribution >= 4 is 23.9 Å². The molecule has 4 saturated heterocycles. The first-order chi connectivity index (χ1) is 71.8. The normalized spacial score (nSPS) is 33.8. The van der Waals surface area contributed by atoms with Crippen LogP contribution in [0.1, 0.15) is 282 Å². The van der Waals surface area contributed by atoms with Gasteiger partial charge in [0.25, 0.3) is 0 Å². The summed E-state index contributed by atoms with van der Waals surface area (Å²) in [6.45, 7) is 6.47. The molecule has 12 rings (SSSR count). The van der Waals surface area contributed by atoms with E-state index in [0.29, 0.717) is 70.4 Å². The van der Waals surface area contributed by atoms with Gasteiger partial charge in [0, 0.05) is 159 Å². The molecule has 4 fully saturated rings. The minimum atomic E-state index is -3.09. The Bertz CT molecular complexity index is 5640. The monoisotopic (exact) mass is 1710 g/mol. The number of fused-ring (bicyclic) bond motifs is 12. The van der Waals surface area contributed by atoms with Gasteiger partial charge in [-0.2, -0.15) is 0 Å². The Kier molecular flexibility index (Phi) is 20.5. The Hall–Kier alpha value is -7.16. The van der Waals surface area contributed by atoms with E-state index in [1.165, 1.54) is 54.8 Å². The van der Waals surface area contributed by atoms with E-state index in [0.717, 1.165) is 27.7 Å². The first kappa shape index (κ1) is 55.9. The van der Waals surface area contributed by atoms with Crippen LogP contribution in [-0.4, -0.2) is 201 Å². The lowest BCUT2D eigenvalue weighted by molar-refractivity contribution is -0.161. The van der Waals surface area contributed by atoms with Crippen LogP contribution >= 0.6 is 0 Å². The number of benzene rings is 4. The van der Waals surface area contributed by atoms with Crippen LogP contribution in [0.15, 0.2) is 48.4 Å². The third-order valence-corrected chi connectivity index (χ3v) is 23.1. The van der Waals surface area contributed by atoms with Crippen molar-refractivity contribution < 1.29 is 128 Å². The second-order valence-electron chi connectivity index (χ2n) is 32.9. The maximum absolute atomic E-state index is 13.1. The van der Waals surface area contributed by atoms with Crippen LogP contribution in [0.4, 0.5) is 0 Å². The maximum atomic E-state index is 13.1. The summed E-state index contributed by atoms with van der Waals surface area (Å²) in [6, 6.07) is -5.03. The van der Waals surface area contributed by atoms with Gasteiger partial charge in [-0.15, -0.1) is 0 Å². The number of methoxy groups -OCH3 is 8. The molecular weight excluding hydrogens is 1520 g/mol. The van der Waals surface area contributed by atoms with Crippen molar-refractivity contribution in [2.75, 3.05) is 109 Å². The van der Waals surface area contributed by atoms with E-state index in [2.05, 4.69) is 0 Å². The minimum Gasteiger partial charge on any atom is -0.493 e. The number of piperidine rings is 4. The van der Waals surface area contributed by atoms with Crippen molar-refractivity contribution in [1.29, 1.82) is 0 Å². The van der Waals surface area contributed by atoms with E-state index < -0.39 is 223 Å². The van der Waals surface area contributed by atoms with Crippen LogP contribution in [0.25, 0.3) is 0 Å². The molecule has 16 unspecified atom stereocenters. The molecule has 20 atom stereocenters. The second-order valence-corrected chi connectivity index (χ2v) is 32.9. The maximum Gasteiger partial charge on any atom is 0.323 e. The molecular formula is C96H152N8O16. The van der Waals surface area contributed by atoms with Crippen molar-refractivity contribution in [1.82, 2.24) is 19.6 Å². The lowest BCUT2D eigenvalue weighted by Gasteiger charge is -2.47. The first-order valence-electron chi connectivity index (χ1n) is 59.9. The fourth-order valence-corrected chi connectivity index (χ4v) is 16.3. The molecule has 120 heavy (non-hydrogen) atoms. The largest absolute Gasteiger partial charge is 0.493 e. The van der Waals surface area contributed by atoms with Crippen molar-refractivity contribution in [3.05, 3.63) is 92.9 Å². The zero-order valence-corrected chi connectivity index (χ0v) is 72.5. The number of esters is 4. The number of hydrogen-bond donors (Lipinski definition) is 4. The number of rotatable bonds is 28. The van der Waals surface area contributed by atoms with Crippen molar-refractivity contribution in [2.24, 2.45) is 93.9 Å². The van der Waals surface area contributed by atoms with Crippen LogP contribution in [0.3, 0.4) is 0 Å². The van der Waals surface area contributed by atoms with E-state index in [1.807, 2.05) is 14.7 Å². The van der Waals surface area contributed by atoms with Gasteiger partial charge >= 0.3 is 23.9 Å². The van der Waals surface area contributed by atoms with Gasteiger partial charge in [-0.3, -0.25) is 38.8 Å². The fourth-order valence-electron chi connectivity index (χ4n) is 16.3. The molecule has 8 aliphatic rings. The highest BCUT2D eigenvalue weighted by atomic mass is 16.6. The average Bonchev–Trinajstić information content (AvgIpc) is 0.697. The number of carbonyl (C=O) groups is 4. The SMILES string of the molecule is [2H]C([2H])([2H])Oc1cc2c(cc1OC)C1([2H])CC([2H])(OC(=O)[C@@H](N)C(C)C)C(C([2H])([2H])C([2H])(C)C([2H])([2H])[2H])CN1CC2.[2H]c1c2c(c([2H])c(OC)c1OC([2H])([2H])[2H])C1CC(OC(=O)[C@@H](N)C(C)C)C(C([2H])([2H])C([2H])(C)C([2H])([2H])[2H])CN1CC2.[2H]c1c2c(c([2H])c(OC)c1OC)C1CC(OC(=O)[C@@H](N)C(C)C)C(C([2H])([2H])C([2H])(C)C([2H])([2H])[2H])CN1CC2.[2H]c1c2c(c([2H])c(OC)c1OC)C1CC(OC(=O)[C@@H](N)C(C)C)C(C([2H])([2H])C([2H])(C)C([2H])([2H])[2H])CN1CC2. The van der Waals surface area contributed by atoms with E-state index >= 15 is 0 Å². The lowest BCUT2D eigenvalue weighted by Crippen LogP contribution is -2.51. The van der Waals surface area contributed by atoms with Gasteiger partial charge in [-0.1, -0.05) is 110 Å². The summed E-state index contributed by atoms with van der Waals surface area (Å²) in [5.41, 5.74) is 27.8. The molecule has 0 saturated carbocycles. The smallest absolute Gasteiger partial charge is 0.323 e.